The summed E-state index contributed by atoms with van der Waals surface area (Å²) in [5.74, 6) is -0.373. The van der Waals surface area contributed by atoms with Crippen molar-refractivity contribution in [2.24, 2.45) is 7.05 Å². The zero-order valence-electron chi connectivity index (χ0n) is 11.0. The Morgan fingerprint density at radius 3 is 2.80 bits per heavy atom. The van der Waals surface area contributed by atoms with E-state index in [1.54, 1.807) is 32.2 Å². The van der Waals surface area contributed by atoms with Gasteiger partial charge in [0.1, 0.15) is 11.3 Å². The van der Waals surface area contributed by atoms with E-state index in [0.29, 0.717) is 22.3 Å². The van der Waals surface area contributed by atoms with E-state index in [2.05, 4.69) is 15.4 Å². The molecule has 0 aliphatic heterocycles. The van der Waals surface area contributed by atoms with E-state index in [9.17, 15) is 9.18 Å². The Morgan fingerprint density at radius 2 is 2.05 bits per heavy atom. The predicted molar refractivity (Wildman–Crippen MR) is 70.8 cm³/mol. The first-order chi connectivity index (χ1) is 9.58. The third kappa shape index (κ3) is 1.87. The number of aryl methyl sites for hydroxylation is 2. The Hall–Kier alpha value is -2.57. The standard InChI is InChI=1S/C13H12FN5O/c1-8-11-12(18(2)16-8)13(20)19(17-15-11)7-9-5-3-4-6-10(9)14/h3-6H,7H2,1-2H3. The number of fused-ring (bicyclic) bond motifs is 1. The quantitative estimate of drug-likeness (QED) is 0.699. The van der Waals surface area contributed by atoms with Crippen LogP contribution in [0.3, 0.4) is 0 Å². The molecule has 0 aliphatic rings. The zero-order chi connectivity index (χ0) is 14.3. The number of rotatable bonds is 2. The first kappa shape index (κ1) is 12.5. The van der Waals surface area contributed by atoms with Gasteiger partial charge in [-0.05, 0) is 13.0 Å². The Bertz CT molecular complexity index is 852. The summed E-state index contributed by atoms with van der Waals surface area (Å²) >= 11 is 0. The Morgan fingerprint density at radius 1 is 1.30 bits per heavy atom. The van der Waals surface area contributed by atoms with Crippen molar-refractivity contribution in [1.82, 2.24) is 24.8 Å². The van der Waals surface area contributed by atoms with Crippen LogP contribution in [0.1, 0.15) is 11.3 Å². The third-order valence-electron chi connectivity index (χ3n) is 3.16. The summed E-state index contributed by atoms with van der Waals surface area (Å²) in [6.07, 6.45) is 0. The predicted octanol–water partition coefficient (Wildman–Crippen LogP) is 1.02. The fraction of sp³-hybridized carbons (Fsp3) is 0.231. The number of aromatic nitrogens is 5. The molecule has 0 N–H and O–H groups in total. The van der Waals surface area contributed by atoms with Gasteiger partial charge in [0.05, 0.1) is 12.2 Å². The minimum Gasteiger partial charge on any atom is -0.265 e. The summed E-state index contributed by atoms with van der Waals surface area (Å²) in [6, 6.07) is 6.27. The van der Waals surface area contributed by atoms with Crippen LogP contribution in [0.2, 0.25) is 0 Å². The van der Waals surface area contributed by atoms with Crippen LogP contribution < -0.4 is 5.56 Å². The van der Waals surface area contributed by atoms with E-state index in [1.165, 1.54) is 10.7 Å². The second-order valence-corrected chi connectivity index (χ2v) is 4.55. The summed E-state index contributed by atoms with van der Waals surface area (Å²) in [4.78, 5) is 12.4. The van der Waals surface area contributed by atoms with Crippen LogP contribution in [0, 0.1) is 12.7 Å². The molecule has 102 valence electrons. The van der Waals surface area contributed by atoms with Crippen LogP contribution in [0.4, 0.5) is 4.39 Å². The van der Waals surface area contributed by atoms with Gasteiger partial charge in [0.25, 0.3) is 5.56 Å². The molecule has 3 aromatic rings. The highest BCUT2D eigenvalue weighted by atomic mass is 19.1. The summed E-state index contributed by atoms with van der Waals surface area (Å²) in [6.45, 7) is 1.80. The molecular weight excluding hydrogens is 261 g/mol. The summed E-state index contributed by atoms with van der Waals surface area (Å²) in [7, 11) is 1.67. The number of hydrogen-bond acceptors (Lipinski definition) is 4. The molecule has 20 heavy (non-hydrogen) atoms. The van der Waals surface area contributed by atoms with E-state index >= 15 is 0 Å². The molecule has 0 bridgehead atoms. The normalized spacial score (nSPS) is 11.2. The van der Waals surface area contributed by atoms with Gasteiger partial charge in [-0.15, -0.1) is 5.10 Å². The van der Waals surface area contributed by atoms with E-state index in [-0.39, 0.29) is 17.9 Å². The van der Waals surface area contributed by atoms with Gasteiger partial charge in [-0.25, -0.2) is 9.07 Å². The fourth-order valence-electron chi connectivity index (χ4n) is 2.16. The molecule has 0 aliphatic carbocycles. The first-order valence-corrected chi connectivity index (χ1v) is 6.08. The van der Waals surface area contributed by atoms with Gasteiger partial charge in [-0.3, -0.25) is 9.48 Å². The fourth-order valence-corrected chi connectivity index (χ4v) is 2.16. The summed E-state index contributed by atoms with van der Waals surface area (Å²) in [5, 5.41) is 12.0. The van der Waals surface area contributed by atoms with Crippen molar-refractivity contribution < 1.29 is 4.39 Å². The van der Waals surface area contributed by atoms with Gasteiger partial charge in [-0.2, -0.15) is 5.10 Å². The molecule has 0 radical (unpaired) electrons. The Labute approximate surface area is 113 Å². The van der Waals surface area contributed by atoms with Crippen molar-refractivity contribution in [1.29, 1.82) is 0 Å². The van der Waals surface area contributed by atoms with Crippen LogP contribution in [-0.2, 0) is 13.6 Å². The van der Waals surface area contributed by atoms with Crippen molar-refractivity contribution in [2.45, 2.75) is 13.5 Å². The molecule has 2 aromatic heterocycles. The van der Waals surface area contributed by atoms with Gasteiger partial charge in [0, 0.05) is 12.6 Å². The van der Waals surface area contributed by atoms with Crippen molar-refractivity contribution >= 4 is 11.0 Å². The van der Waals surface area contributed by atoms with Gasteiger partial charge in [0.2, 0.25) is 0 Å². The lowest BCUT2D eigenvalue weighted by Gasteiger charge is -2.05. The molecule has 0 atom stereocenters. The van der Waals surface area contributed by atoms with E-state index < -0.39 is 0 Å². The maximum atomic E-state index is 13.6. The van der Waals surface area contributed by atoms with E-state index in [4.69, 9.17) is 0 Å². The molecule has 0 fully saturated rings. The lowest BCUT2D eigenvalue weighted by molar-refractivity contribution is 0.555. The van der Waals surface area contributed by atoms with Crippen LogP contribution in [-0.4, -0.2) is 24.8 Å². The second-order valence-electron chi connectivity index (χ2n) is 4.55. The molecule has 1 aromatic carbocycles. The maximum Gasteiger partial charge on any atom is 0.296 e. The lowest BCUT2D eigenvalue weighted by atomic mass is 10.2. The number of hydrogen-bond donors (Lipinski definition) is 0. The van der Waals surface area contributed by atoms with Crippen molar-refractivity contribution in [3.8, 4) is 0 Å². The van der Waals surface area contributed by atoms with Crippen molar-refractivity contribution in [3.05, 3.63) is 51.7 Å². The number of halogens is 1. The Balaban J connectivity index is 2.14. The molecule has 3 rings (SSSR count). The monoisotopic (exact) mass is 273 g/mol. The van der Waals surface area contributed by atoms with Crippen LogP contribution in [0.5, 0.6) is 0 Å². The van der Waals surface area contributed by atoms with Crippen LogP contribution >= 0.6 is 0 Å². The molecule has 0 saturated heterocycles. The summed E-state index contributed by atoms with van der Waals surface area (Å²) in [5.41, 5.74) is 1.55. The van der Waals surface area contributed by atoms with E-state index in [0.717, 1.165) is 4.68 Å². The number of nitrogens with zero attached hydrogens (tertiary/aromatic N) is 5. The minimum absolute atomic E-state index is 0.0404. The van der Waals surface area contributed by atoms with Crippen molar-refractivity contribution in [3.63, 3.8) is 0 Å². The van der Waals surface area contributed by atoms with Gasteiger partial charge in [0.15, 0.2) is 5.52 Å². The highest BCUT2D eigenvalue weighted by Crippen LogP contribution is 2.10. The van der Waals surface area contributed by atoms with Gasteiger partial charge < -0.3 is 0 Å². The molecular formula is C13H12FN5O. The van der Waals surface area contributed by atoms with Crippen LogP contribution in [0.25, 0.3) is 11.0 Å². The highest BCUT2D eigenvalue weighted by molar-refractivity contribution is 5.75. The molecule has 0 unspecified atom stereocenters. The minimum atomic E-state index is -0.373. The molecule has 0 spiro atoms. The zero-order valence-corrected chi connectivity index (χ0v) is 11.0. The maximum absolute atomic E-state index is 13.6. The molecule has 0 saturated carbocycles. The smallest absolute Gasteiger partial charge is 0.265 e. The van der Waals surface area contributed by atoms with Crippen LogP contribution in [0.15, 0.2) is 29.1 Å². The lowest BCUT2D eigenvalue weighted by Crippen LogP contribution is -2.26. The van der Waals surface area contributed by atoms with Gasteiger partial charge in [-0.1, -0.05) is 23.4 Å². The second kappa shape index (κ2) is 4.52. The average molecular weight is 273 g/mol. The molecule has 2 heterocycles. The van der Waals surface area contributed by atoms with E-state index in [1.807, 2.05) is 0 Å². The molecule has 7 heteroatoms. The Kier molecular flexibility index (Phi) is 2.81. The first-order valence-electron chi connectivity index (χ1n) is 6.08. The molecule has 6 nitrogen and oxygen atoms in total. The summed E-state index contributed by atoms with van der Waals surface area (Å²) < 4.78 is 16.2. The largest absolute Gasteiger partial charge is 0.296 e. The average Bonchev–Trinajstić information content (AvgIpc) is 2.71. The van der Waals surface area contributed by atoms with Gasteiger partial charge >= 0.3 is 0 Å². The number of benzene rings is 1. The topological polar surface area (TPSA) is 65.6 Å². The van der Waals surface area contributed by atoms with Crippen molar-refractivity contribution in [2.75, 3.05) is 0 Å². The SMILES string of the molecule is Cc1nn(C)c2c(=O)n(Cc3ccccc3F)nnc12. The molecule has 0 amide bonds. The third-order valence-corrected chi connectivity index (χ3v) is 3.16. The highest BCUT2D eigenvalue weighted by Gasteiger charge is 2.14.